The number of carbonyl (C=O) groups is 1. The van der Waals surface area contributed by atoms with E-state index in [9.17, 15) is 4.79 Å². The molecule has 0 aliphatic carbocycles. The third kappa shape index (κ3) is 5.00. The van der Waals surface area contributed by atoms with Crippen LogP contribution in [0.2, 0.25) is 0 Å². The van der Waals surface area contributed by atoms with E-state index < -0.39 is 0 Å². The summed E-state index contributed by atoms with van der Waals surface area (Å²) < 4.78 is 0. The molecule has 1 saturated heterocycles. The average molecular weight is 434 g/mol. The molecular formula is C26H31N3OS. The number of thiophene rings is 1. The van der Waals surface area contributed by atoms with Gasteiger partial charge in [-0.05, 0) is 66.8 Å². The molecule has 4 rings (SSSR count). The number of hydrogen-bond acceptors (Lipinski definition) is 4. The van der Waals surface area contributed by atoms with Crippen LogP contribution in [0.1, 0.15) is 59.1 Å². The third-order valence-electron chi connectivity index (χ3n) is 5.85. The number of anilines is 1. The normalized spacial score (nSPS) is 14.9. The van der Waals surface area contributed by atoms with Gasteiger partial charge < -0.3 is 16.0 Å². The van der Waals surface area contributed by atoms with Gasteiger partial charge in [0, 0.05) is 34.1 Å². The molecule has 1 fully saturated rings. The molecule has 0 saturated carbocycles. The van der Waals surface area contributed by atoms with Gasteiger partial charge in [-0.3, -0.25) is 4.79 Å². The summed E-state index contributed by atoms with van der Waals surface area (Å²) in [5, 5.41) is 9.92. The summed E-state index contributed by atoms with van der Waals surface area (Å²) in [6, 6.07) is 19.3. The predicted octanol–water partition coefficient (Wildman–Crippen LogP) is 5.72. The van der Waals surface area contributed by atoms with E-state index in [1.165, 1.54) is 15.3 Å². The van der Waals surface area contributed by atoms with Crippen molar-refractivity contribution in [2.75, 3.05) is 18.4 Å². The maximum absolute atomic E-state index is 13.1. The summed E-state index contributed by atoms with van der Waals surface area (Å²) in [4.78, 5) is 15.7. The quantitative estimate of drug-likeness (QED) is 0.446. The summed E-state index contributed by atoms with van der Waals surface area (Å²) in [7, 11) is 0. The first kappa shape index (κ1) is 21.6. The second kappa shape index (κ2) is 9.25. The van der Waals surface area contributed by atoms with Gasteiger partial charge in [0.05, 0.1) is 12.1 Å². The van der Waals surface area contributed by atoms with Crippen LogP contribution in [0.4, 0.5) is 5.69 Å². The van der Waals surface area contributed by atoms with Crippen LogP contribution in [0, 0.1) is 6.92 Å². The van der Waals surface area contributed by atoms with Gasteiger partial charge in [-0.15, -0.1) is 11.3 Å². The number of amides is 1. The van der Waals surface area contributed by atoms with E-state index in [0.717, 1.165) is 35.5 Å². The highest BCUT2D eigenvalue weighted by atomic mass is 32.1. The fourth-order valence-electron chi connectivity index (χ4n) is 3.72. The first-order chi connectivity index (χ1) is 14.9. The largest absolute Gasteiger partial charge is 0.380 e. The SMILES string of the molecule is Cc1ccc(NC2CNC2)cc1C(=O)NC(C)c1cccc(-c2ccc(C(C)C)s2)c1. The van der Waals surface area contributed by atoms with Crippen LogP contribution in [0.25, 0.3) is 10.4 Å². The number of hydrogen-bond donors (Lipinski definition) is 3. The molecule has 2 heterocycles. The molecule has 3 N–H and O–H groups in total. The highest BCUT2D eigenvalue weighted by molar-refractivity contribution is 7.15. The van der Waals surface area contributed by atoms with Crippen LogP contribution in [0.3, 0.4) is 0 Å². The highest BCUT2D eigenvalue weighted by Gasteiger charge is 2.18. The van der Waals surface area contributed by atoms with E-state index in [1.807, 2.05) is 43.4 Å². The monoisotopic (exact) mass is 433 g/mol. The van der Waals surface area contributed by atoms with Crippen LogP contribution in [0.5, 0.6) is 0 Å². The van der Waals surface area contributed by atoms with E-state index >= 15 is 0 Å². The van der Waals surface area contributed by atoms with E-state index in [4.69, 9.17) is 0 Å². The van der Waals surface area contributed by atoms with E-state index in [1.54, 1.807) is 0 Å². The van der Waals surface area contributed by atoms with Gasteiger partial charge >= 0.3 is 0 Å². The first-order valence-electron chi connectivity index (χ1n) is 11.0. The Bertz CT molecular complexity index is 1070. The van der Waals surface area contributed by atoms with Crippen molar-refractivity contribution in [1.29, 1.82) is 0 Å². The van der Waals surface area contributed by atoms with Gasteiger partial charge in [0.2, 0.25) is 0 Å². The second-order valence-electron chi connectivity index (χ2n) is 8.71. The maximum Gasteiger partial charge on any atom is 0.252 e. The van der Waals surface area contributed by atoms with Gasteiger partial charge in [-0.25, -0.2) is 0 Å². The van der Waals surface area contributed by atoms with Crippen molar-refractivity contribution in [2.24, 2.45) is 0 Å². The lowest BCUT2D eigenvalue weighted by Crippen LogP contribution is -2.51. The average Bonchev–Trinajstić information content (AvgIpc) is 3.22. The topological polar surface area (TPSA) is 53.2 Å². The van der Waals surface area contributed by atoms with Crippen LogP contribution < -0.4 is 16.0 Å². The zero-order chi connectivity index (χ0) is 22.0. The zero-order valence-corrected chi connectivity index (χ0v) is 19.5. The van der Waals surface area contributed by atoms with Crippen molar-refractivity contribution < 1.29 is 4.79 Å². The molecule has 1 aromatic heterocycles. The summed E-state index contributed by atoms with van der Waals surface area (Å²) in [5.74, 6) is 0.498. The summed E-state index contributed by atoms with van der Waals surface area (Å²) in [6.45, 7) is 10.4. The lowest BCUT2D eigenvalue weighted by Gasteiger charge is -2.29. The minimum atomic E-state index is -0.0798. The Labute approximate surface area is 189 Å². The van der Waals surface area contributed by atoms with E-state index in [0.29, 0.717) is 12.0 Å². The van der Waals surface area contributed by atoms with Crippen molar-refractivity contribution in [3.63, 3.8) is 0 Å². The molecule has 162 valence electrons. The molecule has 4 nitrogen and oxygen atoms in total. The molecule has 0 spiro atoms. The van der Waals surface area contributed by atoms with Crippen LogP contribution in [-0.2, 0) is 0 Å². The molecule has 3 aromatic rings. The number of aryl methyl sites for hydroxylation is 1. The van der Waals surface area contributed by atoms with Crippen LogP contribution >= 0.6 is 11.3 Å². The van der Waals surface area contributed by atoms with Crippen molar-refractivity contribution >= 4 is 22.9 Å². The summed E-state index contributed by atoms with van der Waals surface area (Å²) in [5.41, 5.74) is 5.01. The Morgan fingerprint density at radius 2 is 1.87 bits per heavy atom. The van der Waals surface area contributed by atoms with Gasteiger partial charge in [0.25, 0.3) is 5.91 Å². The number of carbonyl (C=O) groups excluding carboxylic acids is 1. The summed E-state index contributed by atoms with van der Waals surface area (Å²) >= 11 is 1.84. The molecule has 1 atom stereocenters. The van der Waals surface area contributed by atoms with Gasteiger partial charge in [0.1, 0.15) is 0 Å². The van der Waals surface area contributed by atoms with Crippen molar-refractivity contribution in [2.45, 2.75) is 45.7 Å². The fourth-order valence-corrected chi connectivity index (χ4v) is 4.73. The lowest BCUT2D eigenvalue weighted by atomic mass is 10.0. The molecule has 1 aliphatic rings. The minimum absolute atomic E-state index is 0.0380. The zero-order valence-electron chi connectivity index (χ0n) is 18.7. The van der Waals surface area contributed by atoms with Gasteiger partial charge in [0.15, 0.2) is 0 Å². The molecular weight excluding hydrogens is 402 g/mol. The first-order valence-corrected chi connectivity index (χ1v) is 11.8. The number of benzene rings is 2. The van der Waals surface area contributed by atoms with Gasteiger partial charge in [-0.1, -0.05) is 38.1 Å². The van der Waals surface area contributed by atoms with Crippen molar-refractivity contribution in [3.8, 4) is 10.4 Å². The Morgan fingerprint density at radius 1 is 1.06 bits per heavy atom. The highest BCUT2D eigenvalue weighted by Crippen LogP contribution is 2.33. The summed E-state index contributed by atoms with van der Waals surface area (Å²) in [6.07, 6.45) is 0. The molecule has 1 amide bonds. The van der Waals surface area contributed by atoms with Crippen LogP contribution in [-0.4, -0.2) is 25.0 Å². The van der Waals surface area contributed by atoms with E-state index in [-0.39, 0.29) is 11.9 Å². The molecule has 31 heavy (non-hydrogen) atoms. The third-order valence-corrected chi connectivity index (χ3v) is 7.28. The number of nitrogens with one attached hydrogen (secondary N) is 3. The number of rotatable bonds is 7. The second-order valence-corrected chi connectivity index (χ2v) is 9.82. The smallest absolute Gasteiger partial charge is 0.252 e. The van der Waals surface area contributed by atoms with Gasteiger partial charge in [-0.2, -0.15) is 0 Å². The fraction of sp³-hybridized carbons (Fsp3) is 0.346. The Morgan fingerprint density at radius 3 is 2.55 bits per heavy atom. The van der Waals surface area contributed by atoms with E-state index in [2.05, 4.69) is 66.2 Å². The van der Waals surface area contributed by atoms with Crippen molar-refractivity contribution in [3.05, 3.63) is 76.2 Å². The standard InChI is InChI=1S/C26H31N3OS/c1-16(2)24-10-11-25(31-24)20-7-5-6-19(12-20)18(4)28-26(30)23-13-21(9-8-17(23)3)29-22-14-27-15-22/h5-13,16,18,22,27,29H,14-15H2,1-4H3,(H,28,30). The maximum atomic E-state index is 13.1. The predicted molar refractivity (Wildman–Crippen MR) is 131 cm³/mol. The molecule has 0 radical (unpaired) electrons. The minimum Gasteiger partial charge on any atom is -0.380 e. The molecule has 2 aromatic carbocycles. The molecule has 1 unspecified atom stereocenters. The lowest BCUT2D eigenvalue weighted by molar-refractivity contribution is 0.0939. The molecule has 0 bridgehead atoms. The molecule has 5 heteroatoms. The Hall–Kier alpha value is -2.63. The van der Waals surface area contributed by atoms with Crippen LogP contribution in [0.15, 0.2) is 54.6 Å². The Kier molecular flexibility index (Phi) is 6.44. The Balaban J connectivity index is 1.48. The molecule has 1 aliphatic heterocycles. The van der Waals surface area contributed by atoms with Crippen molar-refractivity contribution in [1.82, 2.24) is 10.6 Å².